The Balaban J connectivity index is 1.39. The molecule has 1 aliphatic carbocycles. The van der Waals surface area contributed by atoms with Gasteiger partial charge in [0.2, 0.25) is 5.91 Å². The van der Waals surface area contributed by atoms with Gasteiger partial charge in [-0.1, -0.05) is 26.0 Å². The van der Waals surface area contributed by atoms with E-state index >= 15 is 0 Å². The number of nitrogens with zero attached hydrogens (tertiary/aromatic N) is 1. The molecule has 1 aromatic rings. The number of benzene rings is 1. The predicted octanol–water partition coefficient (Wildman–Crippen LogP) is 1.64. The van der Waals surface area contributed by atoms with E-state index in [1.54, 1.807) is 12.1 Å². The van der Waals surface area contributed by atoms with E-state index in [-0.39, 0.29) is 61.8 Å². The lowest BCUT2D eigenvalue weighted by Gasteiger charge is -2.29. The van der Waals surface area contributed by atoms with Gasteiger partial charge in [-0.25, -0.2) is 0 Å². The highest BCUT2D eigenvalue weighted by atomic mass is 16.5. The number of carbonyl (C=O) groups excluding carboxylic acids is 5. The van der Waals surface area contributed by atoms with Crippen molar-refractivity contribution in [3.8, 4) is 0 Å². The van der Waals surface area contributed by atoms with E-state index in [2.05, 4.69) is 5.32 Å². The molecule has 0 saturated heterocycles. The largest absolute Gasteiger partial charge is 0.377 e. The highest BCUT2D eigenvalue weighted by Gasteiger charge is 2.39. The van der Waals surface area contributed by atoms with Crippen LogP contribution in [0.2, 0.25) is 0 Å². The molecule has 1 fully saturated rings. The van der Waals surface area contributed by atoms with Gasteiger partial charge >= 0.3 is 0 Å². The Hall–Kier alpha value is -2.91. The first-order chi connectivity index (χ1) is 16.8. The average molecular weight is 487 g/mol. The minimum absolute atomic E-state index is 0.00288. The van der Waals surface area contributed by atoms with Crippen molar-refractivity contribution >= 4 is 29.2 Å². The summed E-state index contributed by atoms with van der Waals surface area (Å²) in [5.41, 5.74) is 2.02. The van der Waals surface area contributed by atoms with Crippen LogP contribution in [-0.4, -0.2) is 73.1 Å². The number of Topliss-reactive ketones (excluding diaryl/α,β-unsaturated/α-hetero) is 3. The van der Waals surface area contributed by atoms with Crippen molar-refractivity contribution in [3.63, 3.8) is 0 Å². The first-order valence-corrected chi connectivity index (χ1v) is 12.2. The zero-order valence-electron chi connectivity index (χ0n) is 20.5. The Morgan fingerprint density at radius 2 is 1.89 bits per heavy atom. The molecule has 1 unspecified atom stereocenters. The fraction of sp³-hybridized carbons (Fsp3) is 0.577. The van der Waals surface area contributed by atoms with Crippen molar-refractivity contribution in [2.75, 3.05) is 33.0 Å². The molecule has 1 aromatic carbocycles. The van der Waals surface area contributed by atoms with Crippen LogP contribution in [0.25, 0.3) is 0 Å². The number of ketones is 3. The third-order valence-electron chi connectivity index (χ3n) is 6.09. The van der Waals surface area contributed by atoms with E-state index in [0.29, 0.717) is 50.5 Å². The Kier molecular flexibility index (Phi) is 9.68. The molecule has 190 valence electrons. The molecule has 0 spiro atoms. The number of rotatable bonds is 13. The van der Waals surface area contributed by atoms with Crippen LogP contribution in [0.4, 0.5) is 0 Å². The number of hydrogen-bond acceptors (Lipinski definition) is 7. The number of nitrogens with one attached hydrogen (secondary N) is 1. The van der Waals surface area contributed by atoms with Gasteiger partial charge in [0.15, 0.2) is 11.6 Å². The summed E-state index contributed by atoms with van der Waals surface area (Å²) in [7, 11) is 0. The van der Waals surface area contributed by atoms with Gasteiger partial charge in [0, 0.05) is 37.9 Å². The van der Waals surface area contributed by atoms with Crippen molar-refractivity contribution in [1.82, 2.24) is 10.2 Å². The van der Waals surface area contributed by atoms with Gasteiger partial charge in [0.05, 0.1) is 32.3 Å². The van der Waals surface area contributed by atoms with Crippen LogP contribution < -0.4 is 5.32 Å². The molecule has 0 radical (unpaired) electrons. The number of hydrogen-bond donors (Lipinski definition) is 1. The highest BCUT2D eigenvalue weighted by Crippen LogP contribution is 2.31. The fourth-order valence-electron chi connectivity index (χ4n) is 4.40. The second-order valence-electron chi connectivity index (χ2n) is 9.44. The smallest absolute Gasteiger partial charge is 0.255 e. The third kappa shape index (κ3) is 7.53. The lowest BCUT2D eigenvalue weighted by molar-refractivity contribution is -0.133. The molecule has 9 heteroatoms. The van der Waals surface area contributed by atoms with Crippen LogP contribution >= 0.6 is 0 Å². The van der Waals surface area contributed by atoms with Crippen molar-refractivity contribution < 1.29 is 33.4 Å². The number of carbonyl (C=O) groups is 5. The number of fused-ring (bicyclic) bond motifs is 1. The van der Waals surface area contributed by atoms with E-state index in [1.807, 2.05) is 19.9 Å². The van der Waals surface area contributed by atoms with Gasteiger partial charge in [-0.05, 0) is 29.5 Å². The van der Waals surface area contributed by atoms with Gasteiger partial charge in [-0.2, -0.15) is 0 Å². The van der Waals surface area contributed by atoms with Gasteiger partial charge in [0.1, 0.15) is 12.4 Å². The molecular formula is C26H34N2O7. The summed E-state index contributed by atoms with van der Waals surface area (Å²) < 4.78 is 10.8. The van der Waals surface area contributed by atoms with Crippen LogP contribution in [0, 0.1) is 5.92 Å². The van der Waals surface area contributed by atoms with Crippen LogP contribution in [0.1, 0.15) is 61.0 Å². The number of amides is 2. The molecule has 1 saturated carbocycles. The van der Waals surface area contributed by atoms with Crippen LogP contribution in [0.5, 0.6) is 0 Å². The molecule has 3 rings (SSSR count). The summed E-state index contributed by atoms with van der Waals surface area (Å²) in [6.45, 7) is 5.55. The van der Waals surface area contributed by atoms with Gasteiger partial charge < -0.3 is 19.7 Å². The second-order valence-corrected chi connectivity index (χ2v) is 9.44. The summed E-state index contributed by atoms with van der Waals surface area (Å²) in [5, 5.41) is 2.78. The minimum Gasteiger partial charge on any atom is -0.377 e. The maximum atomic E-state index is 12.9. The Morgan fingerprint density at radius 1 is 1.11 bits per heavy atom. The van der Waals surface area contributed by atoms with Crippen molar-refractivity contribution in [2.45, 2.75) is 58.5 Å². The van der Waals surface area contributed by atoms with Gasteiger partial charge in [-0.15, -0.1) is 0 Å². The molecular weight excluding hydrogens is 452 g/mol. The molecule has 1 N–H and O–H groups in total. The van der Waals surface area contributed by atoms with Crippen molar-refractivity contribution in [1.29, 1.82) is 0 Å². The first kappa shape index (κ1) is 26.7. The zero-order valence-corrected chi connectivity index (χ0v) is 20.5. The summed E-state index contributed by atoms with van der Waals surface area (Å²) in [4.78, 5) is 62.3. The topological polar surface area (TPSA) is 119 Å². The molecule has 9 nitrogen and oxygen atoms in total. The lowest BCUT2D eigenvalue weighted by Crippen LogP contribution is -2.44. The van der Waals surface area contributed by atoms with E-state index in [4.69, 9.17) is 9.47 Å². The Morgan fingerprint density at radius 3 is 2.63 bits per heavy atom. The predicted molar refractivity (Wildman–Crippen MR) is 127 cm³/mol. The maximum Gasteiger partial charge on any atom is 0.255 e. The first-order valence-electron chi connectivity index (χ1n) is 12.2. The van der Waals surface area contributed by atoms with Gasteiger partial charge in [0.25, 0.3) is 5.91 Å². The molecule has 1 aliphatic heterocycles. The van der Waals surface area contributed by atoms with Crippen LogP contribution in [0.3, 0.4) is 0 Å². The van der Waals surface area contributed by atoms with E-state index in [1.165, 1.54) is 4.90 Å². The fourth-order valence-corrected chi connectivity index (χ4v) is 4.40. The summed E-state index contributed by atoms with van der Waals surface area (Å²) >= 11 is 0. The molecule has 1 heterocycles. The van der Waals surface area contributed by atoms with Crippen molar-refractivity contribution in [2.24, 2.45) is 5.92 Å². The normalized spacial score (nSPS) is 17.7. The Bertz CT molecular complexity index is 972. The van der Waals surface area contributed by atoms with E-state index < -0.39 is 6.04 Å². The third-order valence-corrected chi connectivity index (χ3v) is 6.09. The molecule has 0 aromatic heterocycles. The zero-order chi connectivity index (χ0) is 25.4. The SMILES string of the molecule is CC(C)CC(=O)NCCOCCOCC(=O)Cc1cccc2c1CN(C1CCC(=O)CC1=O)C2=O. The van der Waals surface area contributed by atoms with Crippen LogP contribution in [0.15, 0.2) is 18.2 Å². The number of ether oxygens (including phenoxy) is 2. The van der Waals surface area contributed by atoms with E-state index in [9.17, 15) is 24.0 Å². The summed E-state index contributed by atoms with van der Waals surface area (Å²) in [5.74, 6) is -0.330. The van der Waals surface area contributed by atoms with Gasteiger partial charge in [-0.3, -0.25) is 24.0 Å². The second kappa shape index (κ2) is 12.7. The molecule has 35 heavy (non-hydrogen) atoms. The quantitative estimate of drug-likeness (QED) is 0.333. The molecule has 0 bridgehead atoms. The highest BCUT2D eigenvalue weighted by molar-refractivity contribution is 6.07. The summed E-state index contributed by atoms with van der Waals surface area (Å²) in [6, 6.07) is 4.69. The lowest BCUT2D eigenvalue weighted by atomic mass is 9.92. The summed E-state index contributed by atoms with van der Waals surface area (Å²) in [6.07, 6.45) is 1.15. The Labute approximate surface area is 205 Å². The van der Waals surface area contributed by atoms with Crippen molar-refractivity contribution in [3.05, 3.63) is 34.9 Å². The monoisotopic (exact) mass is 486 g/mol. The maximum absolute atomic E-state index is 12.9. The molecule has 2 amide bonds. The molecule has 1 atom stereocenters. The standard InChI is InChI=1S/C26H34N2O7/c1-17(2)12-25(32)27-8-9-34-10-11-35-16-20(30)13-18-4-3-5-21-22(18)15-28(26(21)33)23-7-6-19(29)14-24(23)31/h3-5,17,23H,6-16H2,1-2H3,(H,27,32). The van der Waals surface area contributed by atoms with E-state index in [0.717, 1.165) is 11.1 Å². The van der Waals surface area contributed by atoms with Crippen LogP contribution in [-0.2, 0) is 41.6 Å². The minimum atomic E-state index is -0.581. The average Bonchev–Trinajstić information content (AvgIpc) is 3.12. The molecule has 2 aliphatic rings.